The molecule has 0 aliphatic rings. The van der Waals surface area contributed by atoms with Crippen LogP contribution in [0, 0.1) is 0 Å². The molecule has 1 unspecified atom stereocenters. The van der Waals surface area contributed by atoms with E-state index in [1.165, 1.54) is 0 Å². The molecular formula is C13H22N4O. The van der Waals surface area contributed by atoms with Crippen LogP contribution >= 0.6 is 0 Å². The zero-order chi connectivity index (χ0) is 13.5. The lowest BCUT2D eigenvalue weighted by atomic mass is 10.2. The molecule has 1 aromatic heterocycles. The number of aromatic nitrogens is 1. The van der Waals surface area contributed by atoms with Crippen LogP contribution in [0.25, 0.3) is 0 Å². The van der Waals surface area contributed by atoms with Gasteiger partial charge in [0.1, 0.15) is 11.5 Å². The van der Waals surface area contributed by atoms with Crippen LogP contribution in [0.1, 0.15) is 31.3 Å². The van der Waals surface area contributed by atoms with Crippen molar-refractivity contribution in [1.82, 2.24) is 15.2 Å². The van der Waals surface area contributed by atoms with Crippen LogP contribution in [0.15, 0.2) is 18.2 Å². The quantitative estimate of drug-likeness (QED) is 0.794. The molecule has 1 rings (SSSR count). The predicted octanol–water partition coefficient (Wildman–Crippen LogP) is 1.12. The summed E-state index contributed by atoms with van der Waals surface area (Å²) in [6.07, 6.45) is 0. The van der Waals surface area contributed by atoms with Crippen molar-refractivity contribution in [2.45, 2.75) is 26.8 Å². The van der Waals surface area contributed by atoms with Gasteiger partial charge >= 0.3 is 0 Å². The summed E-state index contributed by atoms with van der Waals surface area (Å²) in [5.41, 5.74) is 5.91. The Balaban J connectivity index is 2.54. The number of nitrogen functional groups attached to an aromatic ring is 1. The van der Waals surface area contributed by atoms with Gasteiger partial charge in [-0.2, -0.15) is 0 Å². The second-order valence-electron chi connectivity index (χ2n) is 4.31. The average molecular weight is 250 g/mol. The van der Waals surface area contributed by atoms with Crippen molar-refractivity contribution in [3.05, 3.63) is 23.9 Å². The van der Waals surface area contributed by atoms with Crippen LogP contribution in [0.3, 0.4) is 0 Å². The molecule has 3 N–H and O–H groups in total. The summed E-state index contributed by atoms with van der Waals surface area (Å²) in [7, 11) is 0. The number of rotatable bonds is 6. The average Bonchev–Trinajstić information content (AvgIpc) is 2.35. The molecule has 0 spiro atoms. The third kappa shape index (κ3) is 4.33. The fourth-order valence-electron chi connectivity index (χ4n) is 1.79. The Hall–Kier alpha value is -1.62. The molecule has 0 fully saturated rings. The molecule has 0 saturated heterocycles. The lowest BCUT2D eigenvalue weighted by Gasteiger charge is -2.23. The van der Waals surface area contributed by atoms with E-state index in [0.29, 0.717) is 11.5 Å². The zero-order valence-electron chi connectivity index (χ0n) is 11.3. The molecule has 0 saturated carbocycles. The normalized spacial score (nSPS) is 12.4. The van der Waals surface area contributed by atoms with E-state index in [-0.39, 0.29) is 11.9 Å². The van der Waals surface area contributed by atoms with Gasteiger partial charge in [0, 0.05) is 12.6 Å². The number of pyridine rings is 1. The van der Waals surface area contributed by atoms with Crippen LogP contribution in [0.5, 0.6) is 0 Å². The van der Waals surface area contributed by atoms with E-state index in [1.807, 2.05) is 6.92 Å². The van der Waals surface area contributed by atoms with Crippen molar-refractivity contribution < 1.29 is 4.79 Å². The molecule has 0 aromatic carbocycles. The standard InChI is InChI=1S/C13H22N4O/c1-4-17(5-2)9-10(3)15-13(18)11-7-6-8-12(14)16-11/h6-8,10H,4-5,9H2,1-3H3,(H2,14,16)(H,15,18). The van der Waals surface area contributed by atoms with Crippen molar-refractivity contribution in [3.63, 3.8) is 0 Å². The van der Waals surface area contributed by atoms with Gasteiger partial charge in [0.25, 0.3) is 5.91 Å². The van der Waals surface area contributed by atoms with Gasteiger partial charge in [-0.1, -0.05) is 19.9 Å². The Bertz CT molecular complexity index is 390. The van der Waals surface area contributed by atoms with Gasteiger partial charge in [0.2, 0.25) is 0 Å². The van der Waals surface area contributed by atoms with E-state index in [4.69, 9.17) is 5.73 Å². The number of carbonyl (C=O) groups is 1. The van der Waals surface area contributed by atoms with Gasteiger partial charge in [0.15, 0.2) is 0 Å². The fraction of sp³-hybridized carbons (Fsp3) is 0.538. The third-order valence-corrected chi connectivity index (χ3v) is 2.81. The maximum absolute atomic E-state index is 11.9. The highest BCUT2D eigenvalue weighted by molar-refractivity contribution is 5.92. The Morgan fingerprint density at radius 3 is 2.67 bits per heavy atom. The highest BCUT2D eigenvalue weighted by Crippen LogP contribution is 2.01. The number of nitrogens with two attached hydrogens (primary N) is 1. The lowest BCUT2D eigenvalue weighted by Crippen LogP contribution is -2.42. The van der Waals surface area contributed by atoms with Gasteiger partial charge in [-0.15, -0.1) is 0 Å². The summed E-state index contributed by atoms with van der Waals surface area (Å²) in [4.78, 5) is 18.2. The summed E-state index contributed by atoms with van der Waals surface area (Å²) in [5, 5.41) is 2.92. The summed E-state index contributed by atoms with van der Waals surface area (Å²) in [5.74, 6) is 0.181. The first-order chi connectivity index (χ1) is 8.56. The van der Waals surface area contributed by atoms with E-state index < -0.39 is 0 Å². The maximum atomic E-state index is 11.9. The fourth-order valence-corrected chi connectivity index (χ4v) is 1.79. The minimum atomic E-state index is -0.179. The van der Waals surface area contributed by atoms with Crippen molar-refractivity contribution in [3.8, 4) is 0 Å². The molecule has 0 radical (unpaired) electrons. The van der Waals surface area contributed by atoms with Crippen molar-refractivity contribution >= 4 is 11.7 Å². The van der Waals surface area contributed by atoms with Crippen LogP contribution in [-0.2, 0) is 0 Å². The molecule has 0 bridgehead atoms. The van der Waals surface area contributed by atoms with Crippen LogP contribution in [0.2, 0.25) is 0 Å². The van der Waals surface area contributed by atoms with E-state index in [1.54, 1.807) is 18.2 Å². The van der Waals surface area contributed by atoms with E-state index in [9.17, 15) is 4.79 Å². The van der Waals surface area contributed by atoms with Crippen molar-refractivity contribution in [2.24, 2.45) is 0 Å². The predicted molar refractivity (Wildman–Crippen MR) is 73.4 cm³/mol. The number of nitrogens with one attached hydrogen (secondary N) is 1. The number of nitrogens with zero attached hydrogens (tertiary/aromatic N) is 2. The second kappa shape index (κ2) is 6.96. The number of hydrogen-bond acceptors (Lipinski definition) is 4. The van der Waals surface area contributed by atoms with Crippen LogP contribution in [-0.4, -0.2) is 41.5 Å². The molecule has 1 amide bonds. The summed E-state index contributed by atoms with van der Waals surface area (Å²) in [6.45, 7) is 9.00. The van der Waals surface area contributed by atoms with Crippen LogP contribution < -0.4 is 11.1 Å². The number of amides is 1. The highest BCUT2D eigenvalue weighted by Gasteiger charge is 2.13. The zero-order valence-corrected chi connectivity index (χ0v) is 11.3. The second-order valence-corrected chi connectivity index (χ2v) is 4.31. The molecule has 1 aromatic rings. The Labute approximate surface area is 108 Å². The highest BCUT2D eigenvalue weighted by atomic mass is 16.1. The van der Waals surface area contributed by atoms with E-state index in [2.05, 4.69) is 29.0 Å². The summed E-state index contributed by atoms with van der Waals surface area (Å²) in [6, 6.07) is 5.14. The number of carbonyl (C=O) groups excluding carboxylic acids is 1. The molecule has 1 heterocycles. The number of likely N-dealkylation sites (N-methyl/N-ethyl adjacent to an activating group) is 1. The molecule has 1 atom stereocenters. The van der Waals surface area contributed by atoms with Gasteiger partial charge < -0.3 is 16.0 Å². The molecule has 0 aliphatic carbocycles. The third-order valence-electron chi connectivity index (χ3n) is 2.81. The minimum Gasteiger partial charge on any atom is -0.384 e. The summed E-state index contributed by atoms with van der Waals surface area (Å²) < 4.78 is 0. The number of anilines is 1. The van der Waals surface area contributed by atoms with Gasteiger partial charge in [-0.3, -0.25) is 4.79 Å². The van der Waals surface area contributed by atoms with E-state index in [0.717, 1.165) is 19.6 Å². The Morgan fingerprint density at radius 2 is 2.11 bits per heavy atom. The minimum absolute atomic E-state index is 0.0839. The topological polar surface area (TPSA) is 71.2 Å². The van der Waals surface area contributed by atoms with Crippen molar-refractivity contribution in [2.75, 3.05) is 25.4 Å². The lowest BCUT2D eigenvalue weighted by molar-refractivity contribution is 0.0925. The smallest absolute Gasteiger partial charge is 0.270 e. The molecule has 5 heteroatoms. The Kier molecular flexibility index (Phi) is 5.58. The van der Waals surface area contributed by atoms with Gasteiger partial charge in [-0.25, -0.2) is 4.98 Å². The molecule has 18 heavy (non-hydrogen) atoms. The molecule has 5 nitrogen and oxygen atoms in total. The molecule has 0 aliphatic heterocycles. The Morgan fingerprint density at radius 1 is 1.44 bits per heavy atom. The SMILES string of the molecule is CCN(CC)CC(C)NC(=O)c1cccc(N)n1. The first-order valence-electron chi connectivity index (χ1n) is 6.32. The van der Waals surface area contributed by atoms with Gasteiger partial charge in [-0.05, 0) is 32.1 Å². The maximum Gasteiger partial charge on any atom is 0.270 e. The molecule has 100 valence electrons. The van der Waals surface area contributed by atoms with E-state index >= 15 is 0 Å². The first-order valence-corrected chi connectivity index (χ1v) is 6.32. The van der Waals surface area contributed by atoms with Gasteiger partial charge in [0.05, 0.1) is 0 Å². The van der Waals surface area contributed by atoms with Crippen molar-refractivity contribution in [1.29, 1.82) is 0 Å². The monoisotopic (exact) mass is 250 g/mol. The number of hydrogen-bond donors (Lipinski definition) is 2. The largest absolute Gasteiger partial charge is 0.384 e. The first kappa shape index (κ1) is 14.4. The molecular weight excluding hydrogens is 228 g/mol. The van der Waals surface area contributed by atoms with Crippen LogP contribution in [0.4, 0.5) is 5.82 Å². The summed E-state index contributed by atoms with van der Waals surface area (Å²) >= 11 is 0.